The van der Waals surface area contributed by atoms with E-state index in [1.807, 2.05) is 34.8 Å². The van der Waals surface area contributed by atoms with E-state index in [2.05, 4.69) is 173 Å². The molecular formula is C52H36S2. The summed E-state index contributed by atoms with van der Waals surface area (Å²) in [6, 6.07) is 49.4. The lowest BCUT2D eigenvalue weighted by molar-refractivity contribution is 1.43. The minimum atomic E-state index is 1.11. The fourth-order valence-corrected chi connectivity index (χ4v) is 11.2. The molecule has 54 heavy (non-hydrogen) atoms. The minimum Gasteiger partial charge on any atom is -0.135 e. The maximum Gasteiger partial charge on any atom is 0.0440 e. The third kappa shape index (κ3) is 4.81. The van der Waals surface area contributed by atoms with Crippen molar-refractivity contribution in [2.45, 2.75) is 13.8 Å². The molecule has 0 aliphatic rings. The van der Waals surface area contributed by atoms with Gasteiger partial charge in [0, 0.05) is 51.3 Å². The number of rotatable bonds is 5. The molecular weight excluding hydrogens is 689 g/mol. The van der Waals surface area contributed by atoms with Crippen molar-refractivity contribution < 1.29 is 0 Å². The summed E-state index contributed by atoms with van der Waals surface area (Å²) in [6.07, 6.45) is 8.47. The first-order chi connectivity index (χ1) is 26.6. The zero-order valence-electron chi connectivity index (χ0n) is 30.2. The standard InChI is InChI=1S/C52H36S2/c1-5-36-38(7-3)49(39(8-4)37(6-2)48(36)31-16-10-9-11-17-31)35-25-23-32-28-34(24-22-33(32)29-35)44-30-45-41(50-43-19-13-15-21-47(43)54-52(44)50)26-27-42-40-18-12-14-20-46(40)53-51(42)45/h5-30H,1,3H2,2,4H3/b37-6+,39-8+. The molecule has 0 atom stereocenters. The van der Waals surface area contributed by atoms with Gasteiger partial charge in [-0.05, 0) is 110 Å². The van der Waals surface area contributed by atoms with E-state index in [1.165, 1.54) is 106 Å². The average Bonchev–Trinajstić information content (AvgIpc) is 3.81. The fourth-order valence-electron chi connectivity index (χ4n) is 8.75. The Morgan fingerprint density at radius 2 is 1.00 bits per heavy atom. The Kier molecular flexibility index (Phi) is 7.73. The van der Waals surface area contributed by atoms with Gasteiger partial charge in [0.25, 0.3) is 0 Å². The van der Waals surface area contributed by atoms with Gasteiger partial charge in [-0.1, -0.05) is 141 Å². The molecule has 0 spiro atoms. The van der Waals surface area contributed by atoms with Gasteiger partial charge in [-0.15, -0.1) is 22.7 Å². The highest BCUT2D eigenvalue weighted by molar-refractivity contribution is 7.27. The van der Waals surface area contributed by atoms with Crippen molar-refractivity contribution in [1.82, 2.24) is 0 Å². The fraction of sp³-hybridized carbons (Fsp3) is 0.0385. The lowest BCUT2D eigenvalue weighted by Crippen LogP contribution is -2.31. The van der Waals surface area contributed by atoms with Crippen LogP contribution in [-0.4, -0.2) is 0 Å². The predicted octanol–water partition coefficient (Wildman–Crippen LogP) is 14.6. The molecule has 0 N–H and O–H groups in total. The summed E-state index contributed by atoms with van der Waals surface area (Å²) < 4.78 is 5.36. The van der Waals surface area contributed by atoms with Gasteiger partial charge in [0.05, 0.1) is 0 Å². The predicted molar refractivity (Wildman–Crippen MR) is 243 cm³/mol. The maximum atomic E-state index is 4.32. The monoisotopic (exact) mass is 724 g/mol. The van der Waals surface area contributed by atoms with Crippen molar-refractivity contribution in [1.29, 1.82) is 0 Å². The molecule has 0 amide bonds. The second kappa shape index (κ2) is 12.8. The normalized spacial score (nSPS) is 12.6. The van der Waals surface area contributed by atoms with Crippen LogP contribution in [0.5, 0.6) is 0 Å². The highest BCUT2D eigenvalue weighted by Gasteiger charge is 2.20. The molecule has 0 bridgehead atoms. The van der Waals surface area contributed by atoms with Crippen molar-refractivity contribution in [3.05, 3.63) is 168 Å². The molecule has 2 heterocycles. The molecule has 0 unspecified atom stereocenters. The molecule has 8 aromatic carbocycles. The van der Waals surface area contributed by atoms with E-state index in [4.69, 9.17) is 0 Å². The zero-order chi connectivity index (χ0) is 36.5. The number of fused-ring (bicyclic) bond motifs is 10. The molecule has 0 aliphatic heterocycles. The van der Waals surface area contributed by atoms with E-state index >= 15 is 0 Å². The largest absolute Gasteiger partial charge is 0.135 e. The van der Waals surface area contributed by atoms with E-state index in [1.54, 1.807) is 0 Å². The van der Waals surface area contributed by atoms with E-state index in [9.17, 15) is 0 Å². The maximum absolute atomic E-state index is 4.32. The van der Waals surface area contributed by atoms with Gasteiger partial charge < -0.3 is 0 Å². The van der Waals surface area contributed by atoms with Gasteiger partial charge in [-0.2, -0.15) is 0 Å². The van der Waals surface area contributed by atoms with E-state index in [-0.39, 0.29) is 0 Å². The Balaban J connectivity index is 1.20. The first kappa shape index (κ1) is 32.6. The zero-order valence-corrected chi connectivity index (χ0v) is 31.9. The molecule has 2 heteroatoms. The van der Waals surface area contributed by atoms with Crippen LogP contribution in [0.25, 0.3) is 120 Å². The van der Waals surface area contributed by atoms with Crippen LogP contribution in [0.15, 0.2) is 147 Å². The quantitative estimate of drug-likeness (QED) is 0.166. The lowest BCUT2D eigenvalue weighted by Gasteiger charge is -2.19. The van der Waals surface area contributed by atoms with Gasteiger partial charge in [-0.25, -0.2) is 0 Å². The van der Waals surface area contributed by atoms with Crippen molar-refractivity contribution in [2.24, 2.45) is 0 Å². The summed E-state index contributed by atoms with van der Waals surface area (Å²) in [5.41, 5.74) is 9.49. The SMILES string of the molecule is C=Cc1c(C=C)c(-c2ccc3cc(-c4cc5c(ccc6c7ccccc7sc65)c5c4sc4ccccc45)ccc3c2)c(=C/C)/c(=C\C)c1-c1ccccc1. The summed E-state index contributed by atoms with van der Waals surface area (Å²) in [5, 5.41) is 12.9. The molecule has 10 rings (SSSR count). The highest BCUT2D eigenvalue weighted by Crippen LogP contribution is 2.48. The molecule has 256 valence electrons. The number of hydrogen-bond acceptors (Lipinski definition) is 2. The Morgan fingerprint density at radius 1 is 0.444 bits per heavy atom. The third-order valence-corrected chi connectivity index (χ3v) is 13.6. The van der Waals surface area contributed by atoms with E-state index in [0.29, 0.717) is 0 Å². The lowest BCUT2D eigenvalue weighted by atomic mass is 9.85. The third-order valence-electron chi connectivity index (χ3n) is 11.1. The van der Waals surface area contributed by atoms with Gasteiger partial charge in [-0.3, -0.25) is 0 Å². The highest BCUT2D eigenvalue weighted by atomic mass is 32.1. The van der Waals surface area contributed by atoms with Gasteiger partial charge >= 0.3 is 0 Å². The van der Waals surface area contributed by atoms with Crippen molar-refractivity contribution in [3.8, 4) is 33.4 Å². The summed E-state index contributed by atoms with van der Waals surface area (Å²) in [6.45, 7) is 12.9. The number of hydrogen-bond donors (Lipinski definition) is 0. The molecule has 0 saturated heterocycles. The number of benzene rings is 8. The van der Waals surface area contributed by atoms with Crippen LogP contribution in [0.1, 0.15) is 25.0 Å². The summed E-state index contributed by atoms with van der Waals surface area (Å²) in [5.74, 6) is 0. The summed E-state index contributed by atoms with van der Waals surface area (Å²) in [7, 11) is 0. The Bertz CT molecular complexity index is 3320. The first-order valence-corrected chi connectivity index (χ1v) is 20.1. The van der Waals surface area contributed by atoms with Crippen LogP contribution in [0, 0.1) is 0 Å². The van der Waals surface area contributed by atoms with Crippen molar-refractivity contribution in [3.63, 3.8) is 0 Å². The van der Waals surface area contributed by atoms with Crippen LogP contribution in [0.2, 0.25) is 0 Å². The van der Waals surface area contributed by atoms with Gasteiger partial charge in [0.1, 0.15) is 0 Å². The number of thiophene rings is 2. The second-order valence-corrected chi connectivity index (χ2v) is 16.0. The summed E-state index contributed by atoms with van der Waals surface area (Å²) in [4.78, 5) is 0. The van der Waals surface area contributed by atoms with E-state index < -0.39 is 0 Å². The Hall–Kier alpha value is -6.06. The molecule has 0 saturated carbocycles. The molecule has 2 aromatic heterocycles. The van der Waals surface area contributed by atoms with Crippen LogP contribution < -0.4 is 10.4 Å². The molecule has 0 fully saturated rings. The Labute approximate surface area is 322 Å². The first-order valence-electron chi connectivity index (χ1n) is 18.5. The Morgan fingerprint density at radius 3 is 1.69 bits per heavy atom. The average molecular weight is 725 g/mol. The molecule has 0 aliphatic carbocycles. The van der Waals surface area contributed by atoms with Crippen molar-refractivity contribution >= 4 is 109 Å². The van der Waals surface area contributed by atoms with Crippen molar-refractivity contribution in [2.75, 3.05) is 0 Å². The van der Waals surface area contributed by atoms with Gasteiger partial charge in [0.15, 0.2) is 0 Å². The smallest absolute Gasteiger partial charge is 0.0440 e. The van der Waals surface area contributed by atoms with Crippen LogP contribution in [0.3, 0.4) is 0 Å². The molecule has 0 nitrogen and oxygen atoms in total. The molecule has 0 radical (unpaired) electrons. The minimum absolute atomic E-state index is 1.11. The van der Waals surface area contributed by atoms with Gasteiger partial charge in [0.2, 0.25) is 0 Å². The van der Waals surface area contributed by atoms with E-state index in [0.717, 1.165) is 11.1 Å². The topological polar surface area (TPSA) is 0 Å². The second-order valence-electron chi connectivity index (χ2n) is 13.9. The van der Waals surface area contributed by atoms with Crippen LogP contribution >= 0.6 is 22.7 Å². The van der Waals surface area contributed by atoms with Crippen LogP contribution in [-0.2, 0) is 0 Å². The summed E-state index contributed by atoms with van der Waals surface area (Å²) >= 11 is 3.82. The molecule has 10 aromatic rings. The van der Waals surface area contributed by atoms with Crippen LogP contribution in [0.4, 0.5) is 0 Å².